The lowest BCUT2D eigenvalue weighted by Crippen LogP contribution is -2.19. The average molecular weight is 247 g/mol. The number of hydrogen-bond acceptors (Lipinski definition) is 3. The molecule has 0 N–H and O–H groups in total. The molecular weight excluding hydrogens is 233 g/mol. The van der Waals surface area contributed by atoms with Gasteiger partial charge < -0.3 is 0 Å². The zero-order valence-corrected chi connectivity index (χ0v) is 10.5. The zero-order chi connectivity index (χ0) is 13.3. The Morgan fingerprint density at radius 3 is 2.61 bits per heavy atom. The lowest BCUT2D eigenvalue weighted by molar-refractivity contribution is 0.111. The quantitative estimate of drug-likeness (QED) is 0.766. The maximum atomic E-state index is 13.2. The van der Waals surface area contributed by atoms with Crippen LogP contribution >= 0.6 is 0 Å². The van der Waals surface area contributed by atoms with Gasteiger partial charge in [0.1, 0.15) is 11.5 Å². The first-order valence-electron chi connectivity index (χ1n) is 5.61. The van der Waals surface area contributed by atoms with Crippen LogP contribution in [0.4, 0.5) is 4.39 Å². The smallest absolute Gasteiger partial charge is 0.172 e. The second-order valence-electron chi connectivity index (χ2n) is 5.08. The van der Waals surface area contributed by atoms with E-state index in [0.29, 0.717) is 17.7 Å². The molecule has 5 heteroatoms. The second kappa shape index (κ2) is 4.33. The molecule has 0 saturated carbocycles. The van der Waals surface area contributed by atoms with Gasteiger partial charge in [0.15, 0.2) is 6.29 Å². The summed E-state index contributed by atoms with van der Waals surface area (Å²) in [5.74, 6) is -0.351. The van der Waals surface area contributed by atoms with Gasteiger partial charge in [-0.05, 0) is 18.2 Å². The molecule has 0 atom stereocenters. The molecule has 2 aromatic rings. The highest BCUT2D eigenvalue weighted by molar-refractivity contribution is 5.74. The minimum atomic E-state index is -0.351. The van der Waals surface area contributed by atoms with Crippen molar-refractivity contribution in [1.82, 2.24) is 15.0 Å². The van der Waals surface area contributed by atoms with Crippen molar-refractivity contribution in [3.8, 4) is 5.69 Å². The molecule has 2 rings (SSSR count). The second-order valence-corrected chi connectivity index (χ2v) is 5.08. The molecule has 0 saturated heterocycles. The van der Waals surface area contributed by atoms with Gasteiger partial charge in [-0.3, -0.25) is 4.79 Å². The summed E-state index contributed by atoms with van der Waals surface area (Å²) >= 11 is 0. The Bertz CT molecular complexity index is 584. The number of aromatic nitrogens is 3. The SMILES string of the molecule is CC(C)(C)c1c(C=O)nnn1-c1cccc(F)c1. The summed E-state index contributed by atoms with van der Waals surface area (Å²) in [6, 6.07) is 6.04. The van der Waals surface area contributed by atoms with Crippen molar-refractivity contribution in [2.24, 2.45) is 0 Å². The molecule has 0 amide bonds. The van der Waals surface area contributed by atoms with Crippen molar-refractivity contribution >= 4 is 6.29 Å². The van der Waals surface area contributed by atoms with E-state index in [-0.39, 0.29) is 16.9 Å². The average Bonchev–Trinajstić information content (AvgIpc) is 2.72. The van der Waals surface area contributed by atoms with E-state index in [9.17, 15) is 9.18 Å². The molecular formula is C13H14FN3O. The van der Waals surface area contributed by atoms with E-state index < -0.39 is 0 Å². The van der Waals surface area contributed by atoms with Gasteiger partial charge in [-0.1, -0.05) is 32.1 Å². The topological polar surface area (TPSA) is 47.8 Å². The third kappa shape index (κ3) is 2.16. The standard InChI is InChI=1S/C13H14FN3O/c1-13(2,3)12-11(8-18)15-16-17(12)10-6-4-5-9(14)7-10/h4-8H,1-3H3. The van der Waals surface area contributed by atoms with Crippen LogP contribution in [0.3, 0.4) is 0 Å². The molecule has 0 aliphatic carbocycles. The van der Waals surface area contributed by atoms with Crippen LogP contribution in [0.5, 0.6) is 0 Å². The molecule has 18 heavy (non-hydrogen) atoms. The molecule has 0 aliphatic rings. The Labute approximate surface area is 104 Å². The highest BCUT2D eigenvalue weighted by Crippen LogP contribution is 2.26. The highest BCUT2D eigenvalue weighted by Gasteiger charge is 2.25. The Morgan fingerprint density at radius 1 is 1.33 bits per heavy atom. The molecule has 0 unspecified atom stereocenters. The van der Waals surface area contributed by atoms with Gasteiger partial charge in [0.2, 0.25) is 0 Å². The van der Waals surface area contributed by atoms with Gasteiger partial charge in [0.05, 0.1) is 11.4 Å². The van der Waals surface area contributed by atoms with Crippen LogP contribution < -0.4 is 0 Å². The number of halogens is 1. The van der Waals surface area contributed by atoms with Crippen molar-refractivity contribution in [1.29, 1.82) is 0 Å². The fourth-order valence-electron chi connectivity index (χ4n) is 1.86. The first-order chi connectivity index (χ1) is 8.43. The van der Waals surface area contributed by atoms with Crippen molar-refractivity contribution in [3.05, 3.63) is 41.5 Å². The van der Waals surface area contributed by atoms with Crippen LogP contribution in [0.25, 0.3) is 5.69 Å². The summed E-state index contributed by atoms with van der Waals surface area (Å²) in [5.41, 5.74) is 1.20. The third-order valence-electron chi connectivity index (χ3n) is 2.57. The van der Waals surface area contributed by atoms with Crippen LogP contribution in [-0.4, -0.2) is 21.3 Å². The molecule has 0 fully saturated rings. The van der Waals surface area contributed by atoms with Gasteiger partial charge in [-0.25, -0.2) is 9.07 Å². The lowest BCUT2D eigenvalue weighted by Gasteiger charge is -2.20. The predicted molar refractivity (Wildman–Crippen MR) is 65.4 cm³/mol. The summed E-state index contributed by atoms with van der Waals surface area (Å²) in [6.45, 7) is 5.86. The predicted octanol–water partition coefficient (Wildman–Crippen LogP) is 2.52. The normalized spacial score (nSPS) is 11.6. The molecule has 1 aromatic heterocycles. The maximum absolute atomic E-state index is 13.2. The van der Waals surface area contributed by atoms with Crippen LogP contribution in [0.1, 0.15) is 37.0 Å². The van der Waals surface area contributed by atoms with Crippen LogP contribution in [-0.2, 0) is 5.41 Å². The van der Waals surface area contributed by atoms with Crippen LogP contribution in [0, 0.1) is 5.82 Å². The number of nitrogens with zero attached hydrogens (tertiary/aromatic N) is 3. The van der Waals surface area contributed by atoms with Crippen molar-refractivity contribution < 1.29 is 9.18 Å². The molecule has 1 aromatic carbocycles. The highest BCUT2D eigenvalue weighted by atomic mass is 19.1. The summed E-state index contributed by atoms with van der Waals surface area (Å²) in [7, 11) is 0. The molecule has 0 bridgehead atoms. The Hall–Kier alpha value is -2.04. The van der Waals surface area contributed by atoms with E-state index >= 15 is 0 Å². The maximum Gasteiger partial charge on any atom is 0.172 e. The summed E-state index contributed by atoms with van der Waals surface area (Å²) < 4.78 is 14.7. The van der Waals surface area contributed by atoms with Crippen molar-refractivity contribution in [3.63, 3.8) is 0 Å². The number of carbonyl (C=O) groups excluding carboxylic acids is 1. The van der Waals surface area contributed by atoms with Gasteiger partial charge in [0.25, 0.3) is 0 Å². The van der Waals surface area contributed by atoms with Gasteiger partial charge in [-0.2, -0.15) is 0 Å². The summed E-state index contributed by atoms with van der Waals surface area (Å²) in [5, 5.41) is 7.76. The van der Waals surface area contributed by atoms with Gasteiger partial charge in [0, 0.05) is 5.41 Å². The number of hydrogen-bond donors (Lipinski definition) is 0. The number of aldehydes is 1. The van der Waals surface area contributed by atoms with E-state index in [1.54, 1.807) is 12.1 Å². The lowest BCUT2D eigenvalue weighted by atomic mass is 9.90. The van der Waals surface area contributed by atoms with E-state index in [1.165, 1.54) is 16.8 Å². The van der Waals surface area contributed by atoms with Gasteiger partial charge >= 0.3 is 0 Å². The Morgan fingerprint density at radius 2 is 2.06 bits per heavy atom. The van der Waals surface area contributed by atoms with E-state index in [0.717, 1.165) is 0 Å². The van der Waals surface area contributed by atoms with Crippen molar-refractivity contribution in [2.45, 2.75) is 26.2 Å². The first-order valence-corrected chi connectivity index (χ1v) is 5.61. The van der Waals surface area contributed by atoms with E-state index in [4.69, 9.17) is 0 Å². The number of benzene rings is 1. The Kier molecular flexibility index (Phi) is 2.98. The molecule has 4 nitrogen and oxygen atoms in total. The van der Waals surface area contributed by atoms with Gasteiger partial charge in [-0.15, -0.1) is 5.10 Å². The zero-order valence-electron chi connectivity index (χ0n) is 10.5. The molecule has 0 aliphatic heterocycles. The summed E-state index contributed by atoms with van der Waals surface area (Å²) in [6.07, 6.45) is 0.670. The molecule has 0 radical (unpaired) electrons. The monoisotopic (exact) mass is 247 g/mol. The summed E-state index contributed by atoms with van der Waals surface area (Å²) in [4.78, 5) is 11.0. The third-order valence-corrected chi connectivity index (χ3v) is 2.57. The largest absolute Gasteiger partial charge is 0.296 e. The van der Waals surface area contributed by atoms with Crippen molar-refractivity contribution in [2.75, 3.05) is 0 Å². The van der Waals surface area contributed by atoms with E-state index in [1.807, 2.05) is 20.8 Å². The number of rotatable bonds is 2. The fourth-order valence-corrected chi connectivity index (χ4v) is 1.86. The van der Waals surface area contributed by atoms with Crippen LogP contribution in [0.15, 0.2) is 24.3 Å². The molecule has 94 valence electrons. The fraction of sp³-hybridized carbons (Fsp3) is 0.308. The van der Waals surface area contributed by atoms with Crippen LogP contribution in [0.2, 0.25) is 0 Å². The first kappa shape index (κ1) is 12.4. The number of carbonyl (C=O) groups is 1. The molecule has 1 heterocycles. The van der Waals surface area contributed by atoms with E-state index in [2.05, 4.69) is 10.3 Å². The minimum Gasteiger partial charge on any atom is -0.296 e. The minimum absolute atomic E-state index is 0.284. The Balaban J connectivity index is 2.65. The molecule has 0 spiro atoms.